The van der Waals surface area contributed by atoms with Crippen molar-refractivity contribution in [2.75, 3.05) is 5.73 Å². The van der Waals surface area contributed by atoms with Crippen molar-refractivity contribution in [3.8, 4) is 22.8 Å². The highest BCUT2D eigenvalue weighted by atomic mass is 19.4. The van der Waals surface area contributed by atoms with Gasteiger partial charge in [0.25, 0.3) is 0 Å². The molecular formula is C19H8F12N4. The van der Waals surface area contributed by atoms with Crippen LogP contribution >= 0.6 is 0 Å². The van der Waals surface area contributed by atoms with Crippen LogP contribution in [0.5, 0.6) is 0 Å². The summed E-state index contributed by atoms with van der Waals surface area (Å²) in [6.45, 7) is 0. The molecule has 0 spiro atoms. The van der Waals surface area contributed by atoms with Gasteiger partial charge in [-0.15, -0.1) is 0 Å². The van der Waals surface area contributed by atoms with E-state index in [0.29, 0.717) is 0 Å². The minimum absolute atomic E-state index is 0.197. The van der Waals surface area contributed by atoms with Crippen molar-refractivity contribution in [3.05, 3.63) is 58.7 Å². The lowest BCUT2D eigenvalue weighted by Gasteiger charge is -2.15. The van der Waals surface area contributed by atoms with E-state index in [1.54, 1.807) is 0 Å². The maximum absolute atomic E-state index is 13.1. The van der Waals surface area contributed by atoms with Crippen molar-refractivity contribution in [1.29, 1.82) is 0 Å². The van der Waals surface area contributed by atoms with Crippen molar-refractivity contribution in [2.24, 2.45) is 0 Å². The number of rotatable bonds is 2. The number of hydrogen-bond donors (Lipinski definition) is 1. The number of benzene rings is 2. The first-order chi connectivity index (χ1) is 15.7. The lowest BCUT2D eigenvalue weighted by molar-refractivity contribution is -0.144. The Bertz CT molecular complexity index is 1100. The zero-order valence-corrected chi connectivity index (χ0v) is 16.4. The molecule has 2 aromatic carbocycles. The van der Waals surface area contributed by atoms with Crippen molar-refractivity contribution < 1.29 is 52.7 Å². The number of hydrogen-bond acceptors (Lipinski definition) is 4. The van der Waals surface area contributed by atoms with Gasteiger partial charge >= 0.3 is 24.7 Å². The van der Waals surface area contributed by atoms with Crippen LogP contribution < -0.4 is 5.73 Å². The molecule has 16 heteroatoms. The topological polar surface area (TPSA) is 64.7 Å². The Morgan fingerprint density at radius 1 is 0.429 bits per heavy atom. The molecule has 0 saturated carbocycles. The first-order valence-corrected chi connectivity index (χ1v) is 8.86. The third-order valence-electron chi connectivity index (χ3n) is 4.34. The van der Waals surface area contributed by atoms with Crippen LogP contribution in [0.3, 0.4) is 0 Å². The Labute approximate surface area is 186 Å². The Kier molecular flexibility index (Phi) is 6.15. The van der Waals surface area contributed by atoms with Gasteiger partial charge in [0.15, 0.2) is 11.6 Å². The maximum atomic E-state index is 13.1. The van der Waals surface area contributed by atoms with Crippen molar-refractivity contribution in [3.63, 3.8) is 0 Å². The average molecular weight is 520 g/mol. The summed E-state index contributed by atoms with van der Waals surface area (Å²) in [6, 6.07) is 0.443. The molecule has 1 heterocycles. The SMILES string of the molecule is Nc1nc(-c2cc(C(F)(F)F)cc(C(F)(F)F)c2)nc(-c2cc(C(F)(F)F)cc(C(F)(F)F)c2)n1. The van der Waals surface area contributed by atoms with Crippen LogP contribution in [0.15, 0.2) is 36.4 Å². The second kappa shape index (κ2) is 8.27. The maximum Gasteiger partial charge on any atom is 0.416 e. The zero-order chi connectivity index (χ0) is 26.6. The first-order valence-electron chi connectivity index (χ1n) is 8.86. The minimum Gasteiger partial charge on any atom is -0.368 e. The zero-order valence-electron chi connectivity index (χ0n) is 16.4. The van der Waals surface area contributed by atoms with Crippen LogP contribution in [-0.2, 0) is 24.7 Å². The molecule has 35 heavy (non-hydrogen) atoms. The highest BCUT2D eigenvalue weighted by Gasteiger charge is 2.39. The number of alkyl halides is 12. The highest BCUT2D eigenvalue weighted by molar-refractivity contribution is 5.65. The Hall–Kier alpha value is -3.59. The number of halogens is 12. The van der Waals surface area contributed by atoms with Gasteiger partial charge < -0.3 is 5.73 Å². The van der Waals surface area contributed by atoms with Gasteiger partial charge in [-0.25, -0.2) is 4.98 Å². The highest BCUT2D eigenvalue weighted by Crippen LogP contribution is 2.40. The van der Waals surface area contributed by atoms with Crippen molar-refractivity contribution >= 4 is 5.95 Å². The molecule has 0 saturated heterocycles. The Morgan fingerprint density at radius 3 is 0.914 bits per heavy atom. The molecule has 0 unspecified atom stereocenters. The molecule has 0 radical (unpaired) electrons. The second-order valence-electron chi connectivity index (χ2n) is 6.93. The van der Waals surface area contributed by atoms with E-state index >= 15 is 0 Å². The molecule has 188 valence electrons. The fourth-order valence-corrected chi connectivity index (χ4v) is 2.82. The van der Waals surface area contributed by atoms with Gasteiger partial charge in [-0.1, -0.05) is 0 Å². The van der Waals surface area contributed by atoms with Crippen molar-refractivity contribution in [2.45, 2.75) is 24.7 Å². The molecule has 0 fully saturated rings. The van der Waals surface area contributed by atoms with E-state index in [2.05, 4.69) is 15.0 Å². The molecule has 0 aliphatic rings. The number of anilines is 1. The third-order valence-corrected chi connectivity index (χ3v) is 4.34. The average Bonchev–Trinajstić information content (AvgIpc) is 2.70. The summed E-state index contributed by atoms with van der Waals surface area (Å²) in [5.41, 5.74) is -3.50. The van der Waals surface area contributed by atoms with Crippen LogP contribution in [0.25, 0.3) is 22.8 Å². The van der Waals surface area contributed by atoms with Gasteiger partial charge in [-0.2, -0.15) is 62.7 Å². The summed E-state index contributed by atoms with van der Waals surface area (Å²) in [7, 11) is 0. The predicted molar refractivity (Wildman–Crippen MR) is 95.1 cm³/mol. The number of nitrogens with two attached hydrogens (primary N) is 1. The molecule has 0 bridgehead atoms. The molecule has 4 nitrogen and oxygen atoms in total. The van der Waals surface area contributed by atoms with Gasteiger partial charge in [-0.3, -0.25) is 0 Å². The molecular weight excluding hydrogens is 512 g/mol. The van der Waals surface area contributed by atoms with E-state index in [0.717, 1.165) is 0 Å². The first kappa shape index (κ1) is 26.0. The quantitative estimate of drug-likeness (QED) is 0.375. The van der Waals surface area contributed by atoms with Crippen LogP contribution in [0, 0.1) is 0 Å². The lowest BCUT2D eigenvalue weighted by atomic mass is 10.0. The fourth-order valence-electron chi connectivity index (χ4n) is 2.82. The standard InChI is InChI=1S/C19H8F12N4/c20-16(21,22)9-1-7(2-10(5-9)17(23,24)25)13-33-14(35-15(32)34-13)8-3-11(18(26,27)28)6-12(4-8)19(29,30)31/h1-6H,(H2,32,33,34,35). The predicted octanol–water partition coefficient (Wildman–Crippen LogP) is 6.86. The van der Waals surface area contributed by atoms with Gasteiger partial charge in [0, 0.05) is 11.1 Å². The van der Waals surface area contributed by atoms with Crippen LogP contribution in [0.4, 0.5) is 58.6 Å². The summed E-state index contributed by atoms with van der Waals surface area (Å²) in [6.07, 6.45) is -21.0. The minimum atomic E-state index is -5.25. The smallest absolute Gasteiger partial charge is 0.368 e. The molecule has 3 rings (SSSR count). The lowest BCUT2D eigenvalue weighted by Crippen LogP contribution is -2.12. The summed E-state index contributed by atoms with van der Waals surface area (Å²) in [5, 5.41) is 0. The van der Waals surface area contributed by atoms with Gasteiger partial charge in [0.05, 0.1) is 22.3 Å². The number of aromatic nitrogens is 3. The van der Waals surface area contributed by atoms with Gasteiger partial charge in [-0.05, 0) is 36.4 Å². The molecule has 2 N–H and O–H groups in total. The Morgan fingerprint density at radius 2 is 0.686 bits per heavy atom. The van der Waals surface area contributed by atoms with E-state index in [4.69, 9.17) is 5.73 Å². The summed E-state index contributed by atoms with van der Waals surface area (Å²) < 4.78 is 158. The van der Waals surface area contributed by atoms with Crippen LogP contribution in [0.1, 0.15) is 22.3 Å². The number of nitrogens with zero attached hydrogens (tertiary/aromatic N) is 3. The third kappa shape index (κ3) is 5.92. The Balaban J connectivity index is 2.27. The molecule has 0 aliphatic carbocycles. The van der Waals surface area contributed by atoms with Crippen LogP contribution in [-0.4, -0.2) is 15.0 Å². The molecule has 0 atom stereocenters. The second-order valence-corrected chi connectivity index (χ2v) is 6.93. The van der Waals surface area contributed by atoms with E-state index in [1.165, 1.54) is 0 Å². The largest absolute Gasteiger partial charge is 0.416 e. The number of nitrogen functional groups attached to an aromatic ring is 1. The van der Waals surface area contributed by atoms with E-state index in [9.17, 15) is 52.7 Å². The van der Waals surface area contributed by atoms with Crippen molar-refractivity contribution in [1.82, 2.24) is 15.0 Å². The van der Waals surface area contributed by atoms with Gasteiger partial charge in [0.2, 0.25) is 5.95 Å². The molecule has 0 aliphatic heterocycles. The molecule has 1 aromatic heterocycles. The normalized spacial score (nSPS) is 13.3. The summed E-state index contributed by atoms with van der Waals surface area (Å²) >= 11 is 0. The van der Waals surface area contributed by atoms with E-state index in [-0.39, 0.29) is 36.4 Å². The molecule has 0 amide bonds. The monoisotopic (exact) mass is 520 g/mol. The molecule has 3 aromatic rings. The summed E-state index contributed by atoms with van der Waals surface area (Å²) in [5.74, 6) is -2.79. The van der Waals surface area contributed by atoms with Crippen LogP contribution in [0.2, 0.25) is 0 Å². The summed E-state index contributed by atoms with van der Waals surface area (Å²) in [4.78, 5) is 10.3. The van der Waals surface area contributed by atoms with E-state index < -0.39 is 75.7 Å². The van der Waals surface area contributed by atoms with Gasteiger partial charge in [0.1, 0.15) is 0 Å². The van der Waals surface area contributed by atoms with E-state index in [1.807, 2.05) is 0 Å². The fraction of sp³-hybridized carbons (Fsp3) is 0.211.